The minimum absolute atomic E-state index is 0.231. The van der Waals surface area contributed by atoms with Crippen LogP contribution in [0.4, 0.5) is 5.13 Å². The van der Waals surface area contributed by atoms with Crippen molar-refractivity contribution >= 4 is 28.3 Å². The van der Waals surface area contributed by atoms with Gasteiger partial charge in [0.1, 0.15) is 6.04 Å². The van der Waals surface area contributed by atoms with Crippen molar-refractivity contribution in [2.75, 3.05) is 11.9 Å². The van der Waals surface area contributed by atoms with Gasteiger partial charge in [0.15, 0.2) is 5.13 Å². The van der Waals surface area contributed by atoms with Crippen LogP contribution in [0.15, 0.2) is 11.6 Å². The van der Waals surface area contributed by atoms with Crippen LogP contribution in [0.25, 0.3) is 0 Å². The van der Waals surface area contributed by atoms with E-state index in [2.05, 4.69) is 4.98 Å². The summed E-state index contributed by atoms with van der Waals surface area (Å²) >= 11 is 1.30. The van der Waals surface area contributed by atoms with Gasteiger partial charge in [-0.05, 0) is 0 Å². The molecule has 0 aliphatic carbocycles. The highest BCUT2D eigenvalue weighted by atomic mass is 32.1. The van der Waals surface area contributed by atoms with Gasteiger partial charge in [0.05, 0.1) is 6.42 Å². The summed E-state index contributed by atoms with van der Waals surface area (Å²) in [6, 6.07) is -1.17. The molecule has 1 unspecified atom stereocenters. The van der Waals surface area contributed by atoms with Crippen molar-refractivity contribution < 1.29 is 14.7 Å². The molecule has 7 heteroatoms. The lowest BCUT2D eigenvalue weighted by Crippen LogP contribution is -2.37. The zero-order valence-electron chi connectivity index (χ0n) is 8.08. The fourth-order valence-electron chi connectivity index (χ4n) is 0.901. The topological polar surface area (TPSA) is 96.5 Å². The monoisotopic (exact) mass is 229 g/mol. The van der Waals surface area contributed by atoms with Crippen molar-refractivity contribution in [2.45, 2.75) is 12.5 Å². The number of anilines is 1. The van der Waals surface area contributed by atoms with Crippen molar-refractivity contribution in [1.82, 2.24) is 4.98 Å². The van der Waals surface area contributed by atoms with Crippen LogP contribution in [0.5, 0.6) is 0 Å². The van der Waals surface area contributed by atoms with Gasteiger partial charge in [0.25, 0.3) is 0 Å². The number of rotatable bonds is 4. The first-order valence-electron chi connectivity index (χ1n) is 4.17. The summed E-state index contributed by atoms with van der Waals surface area (Å²) in [6.07, 6.45) is 1.34. The first-order valence-corrected chi connectivity index (χ1v) is 5.04. The first kappa shape index (κ1) is 11.6. The van der Waals surface area contributed by atoms with Crippen molar-refractivity contribution in [3.63, 3.8) is 0 Å². The number of carbonyl (C=O) groups excluding carboxylic acids is 1. The van der Waals surface area contributed by atoms with Gasteiger partial charge in [-0.3, -0.25) is 14.5 Å². The normalized spacial score (nSPS) is 12.1. The first-order chi connectivity index (χ1) is 7.02. The molecule has 0 aromatic carbocycles. The number of hydrogen-bond acceptors (Lipinski definition) is 5. The third-order valence-electron chi connectivity index (χ3n) is 1.79. The van der Waals surface area contributed by atoms with Gasteiger partial charge in [0, 0.05) is 18.6 Å². The second-order valence-electron chi connectivity index (χ2n) is 2.92. The quantitative estimate of drug-likeness (QED) is 0.752. The molecule has 1 heterocycles. The second kappa shape index (κ2) is 4.85. The maximum absolute atomic E-state index is 11.5. The van der Waals surface area contributed by atoms with E-state index in [9.17, 15) is 9.59 Å². The average molecular weight is 229 g/mol. The van der Waals surface area contributed by atoms with E-state index >= 15 is 0 Å². The van der Waals surface area contributed by atoms with E-state index in [1.165, 1.54) is 23.3 Å². The highest BCUT2D eigenvalue weighted by Crippen LogP contribution is 2.16. The Morgan fingerprint density at radius 1 is 1.73 bits per heavy atom. The van der Waals surface area contributed by atoms with E-state index in [4.69, 9.17) is 10.8 Å². The lowest BCUT2D eigenvalue weighted by atomic mass is 10.2. The Morgan fingerprint density at radius 3 is 2.87 bits per heavy atom. The molecule has 1 aromatic rings. The molecule has 1 aromatic heterocycles. The number of carboxylic acids is 1. The summed E-state index contributed by atoms with van der Waals surface area (Å²) in [4.78, 5) is 27.2. The predicted octanol–water partition coefficient (Wildman–Crippen LogP) is -0.0921. The van der Waals surface area contributed by atoms with E-state index in [1.54, 1.807) is 11.6 Å². The van der Waals surface area contributed by atoms with E-state index in [0.29, 0.717) is 5.13 Å². The minimum atomic E-state index is -1.18. The lowest BCUT2D eigenvalue weighted by Gasteiger charge is -2.14. The van der Waals surface area contributed by atoms with Gasteiger partial charge < -0.3 is 10.8 Å². The minimum Gasteiger partial charge on any atom is -0.480 e. The fourth-order valence-corrected chi connectivity index (χ4v) is 1.53. The molecule has 0 bridgehead atoms. The predicted molar refractivity (Wildman–Crippen MR) is 55.8 cm³/mol. The number of nitrogens with two attached hydrogens (primary N) is 1. The Balaban J connectivity index is 2.58. The zero-order chi connectivity index (χ0) is 11.4. The van der Waals surface area contributed by atoms with Gasteiger partial charge in [-0.25, -0.2) is 4.98 Å². The molecular formula is C8H11N3O3S. The second-order valence-corrected chi connectivity index (χ2v) is 3.79. The number of carbonyl (C=O) groups is 2. The van der Waals surface area contributed by atoms with Crippen LogP contribution >= 0.6 is 11.3 Å². The molecule has 0 saturated heterocycles. The van der Waals surface area contributed by atoms with E-state index < -0.39 is 12.0 Å². The standard InChI is InChI=1S/C8H11N3O3S/c1-11(8-10-2-3-15-8)6(12)4-5(9)7(13)14/h2-3,5H,4,9H2,1H3,(H,13,14). The van der Waals surface area contributed by atoms with E-state index in [1.807, 2.05) is 0 Å². The molecular weight excluding hydrogens is 218 g/mol. The third kappa shape index (κ3) is 3.00. The number of aromatic nitrogens is 1. The van der Waals surface area contributed by atoms with E-state index in [-0.39, 0.29) is 12.3 Å². The molecule has 82 valence electrons. The molecule has 0 fully saturated rings. The third-order valence-corrected chi connectivity index (χ3v) is 2.64. The molecule has 1 amide bonds. The number of amides is 1. The summed E-state index contributed by atoms with van der Waals surface area (Å²) in [5.74, 6) is -1.55. The molecule has 0 spiro atoms. The smallest absolute Gasteiger partial charge is 0.321 e. The largest absolute Gasteiger partial charge is 0.480 e. The molecule has 0 saturated carbocycles. The summed E-state index contributed by atoms with van der Waals surface area (Å²) in [5.41, 5.74) is 5.24. The van der Waals surface area contributed by atoms with Crippen LogP contribution in [-0.4, -0.2) is 35.1 Å². The molecule has 6 nitrogen and oxygen atoms in total. The Bertz CT molecular complexity index is 352. The van der Waals surface area contributed by atoms with Gasteiger partial charge in [-0.1, -0.05) is 0 Å². The van der Waals surface area contributed by atoms with Crippen molar-refractivity contribution in [1.29, 1.82) is 0 Å². The van der Waals surface area contributed by atoms with Crippen LogP contribution in [0.3, 0.4) is 0 Å². The van der Waals surface area contributed by atoms with Crippen LogP contribution in [0, 0.1) is 0 Å². The average Bonchev–Trinajstić information content (AvgIpc) is 2.68. The van der Waals surface area contributed by atoms with E-state index in [0.717, 1.165) is 0 Å². The summed E-state index contributed by atoms with van der Waals surface area (Å²) in [7, 11) is 1.54. The maximum atomic E-state index is 11.5. The van der Waals surface area contributed by atoms with Crippen LogP contribution < -0.4 is 10.6 Å². The van der Waals surface area contributed by atoms with Gasteiger partial charge in [-0.2, -0.15) is 0 Å². The Labute approximate surface area is 90.3 Å². The highest BCUT2D eigenvalue weighted by Gasteiger charge is 2.20. The van der Waals surface area contributed by atoms with Crippen molar-refractivity contribution in [3.05, 3.63) is 11.6 Å². The highest BCUT2D eigenvalue weighted by molar-refractivity contribution is 7.13. The summed E-state index contributed by atoms with van der Waals surface area (Å²) < 4.78 is 0. The molecule has 0 aliphatic rings. The Morgan fingerprint density at radius 2 is 2.40 bits per heavy atom. The SMILES string of the molecule is CN(C(=O)CC(N)C(=O)O)c1nccs1. The van der Waals surface area contributed by atoms with Crippen LogP contribution in [-0.2, 0) is 9.59 Å². The van der Waals surface area contributed by atoms with Gasteiger partial charge in [-0.15, -0.1) is 11.3 Å². The van der Waals surface area contributed by atoms with Crippen LogP contribution in [0.1, 0.15) is 6.42 Å². The number of nitrogens with zero attached hydrogens (tertiary/aromatic N) is 2. The van der Waals surface area contributed by atoms with Gasteiger partial charge >= 0.3 is 5.97 Å². The number of carboxylic acid groups (broad SMARTS) is 1. The summed E-state index contributed by atoms with van der Waals surface area (Å²) in [5, 5.41) is 10.8. The Kier molecular flexibility index (Phi) is 3.75. The summed E-state index contributed by atoms with van der Waals surface area (Å²) in [6.45, 7) is 0. The fraction of sp³-hybridized carbons (Fsp3) is 0.375. The molecule has 3 N–H and O–H groups in total. The Hall–Kier alpha value is -1.47. The molecule has 1 atom stereocenters. The van der Waals surface area contributed by atoms with Crippen molar-refractivity contribution in [3.8, 4) is 0 Å². The maximum Gasteiger partial charge on any atom is 0.321 e. The number of hydrogen-bond donors (Lipinski definition) is 2. The molecule has 15 heavy (non-hydrogen) atoms. The number of thiazole rings is 1. The lowest BCUT2D eigenvalue weighted by molar-refractivity contribution is -0.140. The van der Waals surface area contributed by atoms with Gasteiger partial charge in [0.2, 0.25) is 5.91 Å². The van der Waals surface area contributed by atoms with Crippen molar-refractivity contribution in [2.24, 2.45) is 5.73 Å². The number of aliphatic carboxylic acids is 1. The zero-order valence-corrected chi connectivity index (χ0v) is 8.90. The molecule has 1 rings (SSSR count). The molecule has 0 radical (unpaired) electrons. The molecule has 0 aliphatic heterocycles. The van der Waals surface area contributed by atoms with Crippen LogP contribution in [0.2, 0.25) is 0 Å².